The third-order valence-electron chi connectivity index (χ3n) is 2.75. The molecule has 1 aliphatic rings. The maximum absolute atomic E-state index is 11.5. The van der Waals surface area contributed by atoms with Crippen LogP contribution in [0.15, 0.2) is 18.2 Å². The van der Waals surface area contributed by atoms with Gasteiger partial charge in [-0.2, -0.15) is 0 Å². The van der Waals surface area contributed by atoms with Gasteiger partial charge < -0.3 is 15.4 Å². The Balaban J connectivity index is 2.09. The van der Waals surface area contributed by atoms with Gasteiger partial charge in [0, 0.05) is 13.5 Å². The van der Waals surface area contributed by atoms with Gasteiger partial charge in [0.1, 0.15) is 5.75 Å². The Morgan fingerprint density at radius 1 is 1.42 bits per heavy atom. The molecule has 100 valence electrons. The summed E-state index contributed by atoms with van der Waals surface area (Å²) in [7, 11) is 0. The zero-order valence-corrected chi connectivity index (χ0v) is 10.6. The first-order chi connectivity index (χ1) is 8.97. The number of ketones is 1. The van der Waals surface area contributed by atoms with Crippen LogP contribution in [0.25, 0.3) is 0 Å². The van der Waals surface area contributed by atoms with E-state index in [1.807, 2.05) is 0 Å². The first-order valence-corrected chi connectivity index (χ1v) is 5.86. The molecule has 2 amide bonds. The fourth-order valence-electron chi connectivity index (χ4n) is 1.67. The molecule has 6 nitrogen and oxygen atoms in total. The highest BCUT2D eigenvalue weighted by atomic mass is 16.5. The quantitative estimate of drug-likeness (QED) is 0.782. The lowest BCUT2D eigenvalue weighted by molar-refractivity contribution is -0.136. The number of carbonyl (C=O) groups excluding carboxylic acids is 3. The number of amides is 2. The van der Waals surface area contributed by atoms with E-state index in [2.05, 4.69) is 10.6 Å². The van der Waals surface area contributed by atoms with E-state index in [9.17, 15) is 14.4 Å². The summed E-state index contributed by atoms with van der Waals surface area (Å²) in [5.74, 6) is -0.791. The Labute approximate surface area is 110 Å². The van der Waals surface area contributed by atoms with E-state index in [0.717, 1.165) is 5.56 Å². The molecule has 1 unspecified atom stereocenters. The van der Waals surface area contributed by atoms with Crippen molar-refractivity contribution in [3.63, 3.8) is 0 Å². The fourth-order valence-corrected chi connectivity index (χ4v) is 1.67. The SMILES string of the molecule is CC(=O)C(=O)NCc1ccc2c(c1)NC(=O)C(C)O2. The minimum absolute atomic E-state index is 0.211. The van der Waals surface area contributed by atoms with E-state index in [0.29, 0.717) is 11.4 Å². The van der Waals surface area contributed by atoms with Crippen molar-refractivity contribution in [1.29, 1.82) is 0 Å². The molecule has 1 atom stereocenters. The highest BCUT2D eigenvalue weighted by Crippen LogP contribution is 2.30. The maximum atomic E-state index is 11.5. The fraction of sp³-hybridized carbons (Fsp3) is 0.308. The van der Waals surface area contributed by atoms with Gasteiger partial charge in [-0.1, -0.05) is 6.07 Å². The van der Waals surface area contributed by atoms with E-state index in [1.54, 1.807) is 25.1 Å². The standard InChI is InChI=1S/C13H14N2O4/c1-7(16)12(17)14-6-9-3-4-11-10(5-9)15-13(18)8(2)19-11/h3-5,8H,6H2,1-2H3,(H,14,17)(H,15,18). The van der Waals surface area contributed by atoms with Crippen LogP contribution in [0.3, 0.4) is 0 Å². The molecule has 0 aromatic heterocycles. The summed E-state index contributed by atoms with van der Waals surface area (Å²) in [6.45, 7) is 3.09. The lowest BCUT2D eigenvalue weighted by Crippen LogP contribution is -2.34. The van der Waals surface area contributed by atoms with Gasteiger partial charge in [-0.15, -0.1) is 0 Å². The second-order valence-corrected chi connectivity index (χ2v) is 4.32. The van der Waals surface area contributed by atoms with Crippen LogP contribution in [0.5, 0.6) is 5.75 Å². The Kier molecular flexibility index (Phi) is 3.50. The smallest absolute Gasteiger partial charge is 0.287 e. The predicted octanol–water partition coefficient (Wildman–Crippen LogP) is 0.611. The van der Waals surface area contributed by atoms with E-state index in [-0.39, 0.29) is 12.5 Å². The van der Waals surface area contributed by atoms with Gasteiger partial charge in [-0.05, 0) is 24.6 Å². The molecule has 2 N–H and O–H groups in total. The molecule has 0 bridgehead atoms. The number of hydrogen-bond acceptors (Lipinski definition) is 4. The monoisotopic (exact) mass is 262 g/mol. The highest BCUT2D eigenvalue weighted by Gasteiger charge is 2.23. The van der Waals surface area contributed by atoms with Crippen molar-refractivity contribution in [1.82, 2.24) is 5.32 Å². The van der Waals surface area contributed by atoms with Crippen molar-refractivity contribution in [3.8, 4) is 5.75 Å². The molecule has 1 aromatic carbocycles. The number of Topliss-reactive ketones (excluding diaryl/α,β-unsaturated/α-hetero) is 1. The van der Waals surface area contributed by atoms with Crippen LogP contribution in [0, 0.1) is 0 Å². The molecule has 1 aromatic rings. The summed E-state index contributed by atoms with van der Waals surface area (Å²) in [4.78, 5) is 33.4. The van der Waals surface area contributed by atoms with Gasteiger partial charge in [0.05, 0.1) is 5.69 Å². The summed E-state index contributed by atoms with van der Waals surface area (Å²) in [6.07, 6.45) is -0.518. The van der Waals surface area contributed by atoms with Crippen molar-refractivity contribution < 1.29 is 19.1 Å². The Hall–Kier alpha value is -2.37. The van der Waals surface area contributed by atoms with E-state index >= 15 is 0 Å². The van der Waals surface area contributed by atoms with Crippen molar-refractivity contribution >= 4 is 23.3 Å². The van der Waals surface area contributed by atoms with Crippen LogP contribution in [-0.4, -0.2) is 23.7 Å². The zero-order valence-electron chi connectivity index (χ0n) is 10.6. The molecule has 0 fully saturated rings. The molecule has 0 radical (unpaired) electrons. The van der Waals surface area contributed by atoms with Crippen LogP contribution in [0.2, 0.25) is 0 Å². The van der Waals surface area contributed by atoms with Gasteiger partial charge in [0.2, 0.25) is 5.78 Å². The number of nitrogens with one attached hydrogen (secondary N) is 2. The summed E-state index contributed by atoms with van der Waals surface area (Å²) in [5, 5.41) is 5.20. The first-order valence-electron chi connectivity index (χ1n) is 5.86. The number of rotatable bonds is 3. The first kappa shape index (κ1) is 13.1. The van der Waals surface area contributed by atoms with Crippen molar-refractivity contribution in [2.45, 2.75) is 26.5 Å². The molecule has 6 heteroatoms. The summed E-state index contributed by atoms with van der Waals surface area (Å²) >= 11 is 0. The average molecular weight is 262 g/mol. The largest absolute Gasteiger partial charge is 0.479 e. The Morgan fingerprint density at radius 3 is 2.84 bits per heavy atom. The van der Waals surface area contributed by atoms with Gasteiger partial charge in [-0.25, -0.2) is 0 Å². The molecular formula is C13H14N2O4. The Bertz CT molecular complexity index is 554. The summed E-state index contributed by atoms with van der Waals surface area (Å²) in [6, 6.07) is 5.20. The van der Waals surface area contributed by atoms with Gasteiger partial charge >= 0.3 is 0 Å². The average Bonchev–Trinajstić information content (AvgIpc) is 2.37. The van der Waals surface area contributed by atoms with E-state index < -0.39 is 17.8 Å². The van der Waals surface area contributed by atoms with Gasteiger partial charge in [0.15, 0.2) is 6.10 Å². The lowest BCUT2D eigenvalue weighted by atomic mass is 10.1. The maximum Gasteiger partial charge on any atom is 0.287 e. The van der Waals surface area contributed by atoms with Gasteiger partial charge in [-0.3, -0.25) is 14.4 Å². The minimum atomic E-state index is -0.633. The lowest BCUT2D eigenvalue weighted by Gasteiger charge is -2.23. The van der Waals surface area contributed by atoms with Crippen LogP contribution in [0.4, 0.5) is 5.69 Å². The number of hydrogen-bond donors (Lipinski definition) is 2. The normalized spacial score (nSPS) is 16.9. The molecule has 1 aliphatic heterocycles. The second kappa shape index (κ2) is 5.09. The molecule has 0 aliphatic carbocycles. The topological polar surface area (TPSA) is 84.5 Å². The van der Waals surface area contributed by atoms with Crippen LogP contribution >= 0.6 is 0 Å². The number of carbonyl (C=O) groups is 3. The van der Waals surface area contributed by atoms with Crippen LogP contribution < -0.4 is 15.4 Å². The predicted molar refractivity (Wildman–Crippen MR) is 67.7 cm³/mol. The third kappa shape index (κ3) is 2.90. The molecule has 1 heterocycles. The number of benzene rings is 1. The molecule has 2 rings (SSSR count). The highest BCUT2D eigenvalue weighted by molar-refractivity contribution is 6.35. The molecule has 0 spiro atoms. The molecule has 0 saturated carbocycles. The molecule has 0 saturated heterocycles. The summed E-state index contributed by atoms with van der Waals surface area (Å²) in [5.41, 5.74) is 1.34. The zero-order chi connectivity index (χ0) is 14.0. The number of ether oxygens (including phenoxy) is 1. The van der Waals surface area contributed by atoms with Crippen LogP contribution in [-0.2, 0) is 20.9 Å². The molecule has 19 heavy (non-hydrogen) atoms. The van der Waals surface area contributed by atoms with E-state index in [1.165, 1.54) is 6.92 Å². The minimum Gasteiger partial charge on any atom is -0.479 e. The Morgan fingerprint density at radius 2 is 2.16 bits per heavy atom. The van der Waals surface area contributed by atoms with Crippen molar-refractivity contribution in [2.24, 2.45) is 0 Å². The van der Waals surface area contributed by atoms with Crippen LogP contribution in [0.1, 0.15) is 19.4 Å². The second-order valence-electron chi connectivity index (χ2n) is 4.32. The van der Waals surface area contributed by atoms with E-state index in [4.69, 9.17) is 4.74 Å². The van der Waals surface area contributed by atoms with Gasteiger partial charge in [0.25, 0.3) is 11.8 Å². The van der Waals surface area contributed by atoms with Crippen molar-refractivity contribution in [2.75, 3.05) is 5.32 Å². The molecular weight excluding hydrogens is 248 g/mol. The van der Waals surface area contributed by atoms with Crippen molar-refractivity contribution in [3.05, 3.63) is 23.8 Å². The number of fused-ring (bicyclic) bond motifs is 1. The number of anilines is 1. The summed E-state index contributed by atoms with van der Waals surface area (Å²) < 4.78 is 5.41. The third-order valence-corrected chi connectivity index (χ3v) is 2.75.